The van der Waals surface area contributed by atoms with Crippen LogP contribution in [-0.2, 0) is 16.2 Å². The van der Waals surface area contributed by atoms with E-state index in [0.29, 0.717) is 24.7 Å². The smallest absolute Gasteiger partial charge is 0.367 e. The predicted molar refractivity (Wildman–Crippen MR) is 88.9 cm³/mol. The van der Waals surface area contributed by atoms with Crippen molar-refractivity contribution < 1.29 is 21.6 Å². The monoisotopic (exact) mass is 386 g/mol. The highest BCUT2D eigenvalue weighted by molar-refractivity contribution is 7.89. The van der Waals surface area contributed by atoms with Gasteiger partial charge < -0.3 is 5.32 Å². The van der Waals surface area contributed by atoms with Crippen molar-refractivity contribution in [3.8, 4) is 0 Å². The molecule has 0 aliphatic carbocycles. The molecule has 1 aromatic carbocycles. The predicted octanol–water partition coefficient (Wildman–Crippen LogP) is 2.76. The average molecular weight is 386 g/mol. The number of nitrogens with zero attached hydrogens (tertiary/aromatic N) is 3. The molecule has 2 aromatic rings. The molecule has 140 valence electrons. The fourth-order valence-corrected chi connectivity index (χ4v) is 4.32. The van der Waals surface area contributed by atoms with E-state index in [1.165, 1.54) is 16.7 Å². The van der Waals surface area contributed by atoms with Gasteiger partial charge in [-0.3, -0.25) is 0 Å². The van der Waals surface area contributed by atoms with Crippen molar-refractivity contribution in [2.24, 2.45) is 0 Å². The number of aromatic nitrogens is 2. The van der Waals surface area contributed by atoms with E-state index in [1.54, 1.807) is 12.3 Å². The molecule has 0 radical (unpaired) electrons. The van der Waals surface area contributed by atoms with Gasteiger partial charge in [-0.1, -0.05) is 6.07 Å². The molecular formula is C16H17F3N4O2S. The van der Waals surface area contributed by atoms with Gasteiger partial charge in [-0.25, -0.2) is 18.4 Å². The summed E-state index contributed by atoms with van der Waals surface area (Å²) in [7, 11) is -3.96. The maximum atomic E-state index is 12.8. The standard InChI is InChI=1S/C16H17F3N4O2S/c17-16(18,19)12-2-1-3-14(10-12)26(24,25)23-8-5-13(6-9-23)22-15-4-7-20-11-21-15/h1-4,7,10-11,13H,5-6,8-9H2,(H,20,21,22). The minimum atomic E-state index is -4.58. The van der Waals surface area contributed by atoms with Crippen LogP contribution < -0.4 is 5.32 Å². The second-order valence-corrected chi connectivity index (χ2v) is 7.88. The number of hydrogen-bond donors (Lipinski definition) is 1. The van der Waals surface area contributed by atoms with Gasteiger partial charge in [-0.2, -0.15) is 17.5 Å². The van der Waals surface area contributed by atoms with Crippen molar-refractivity contribution in [3.05, 3.63) is 48.4 Å². The van der Waals surface area contributed by atoms with Gasteiger partial charge in [0.15, 0.2) is 0 Å². The molecule has 1 N–H and O–H groups in total. The number of anilines is 1. The summed E-state index contributed by atoms with van der Waals surface area (Å²) in [5, 5.41) is 3.20. The van der Waals surface area contributed by atoms with E-state index in [1.807, 2.05) is 0 Å². The quantitative estimate of drug-likeness (QED) is 0.875. The van der Waals surface area contributed by atoms with Crippen molar-refractivity contribution >= 4 is 15.8 Å². The molecule has 1 aromatic heterocycles. The third-order valence-corrected chi connectivity index (χ3v) is 6.08. The molecule has 0 bridgehead atoms. The van der Waals surface area contributed by atoms with E-state index in [9.17, 15) is 21.6 Å². The molecule has 1 saturated heterocycles. The summed E-state index contributed by atoms with van der Waals surface area (Å²) < 4.78 is 65.0. The fraction of sp³-hybridized carbons (Fsp3) is 0.375. The van der Waals surface area contributed by atoms with Crippen molar-refractivity contribution in [1.82, 2.24) is 14.3 Å². The van der Waals surface area contributed by atoms with Crippen LogP contribution in [0, 0.1) is 0 Å². The van der Waals surface area contributed by atoms with E-state index in [0.717, 1.165) is 12.1 Å². The van der Waals surface area contributed by atoms with Crippen LogP contribution in [0.2, 0.25) is 0 Å². The molecule has 0 unspecified atom stereocenters. The Morgan fingerprint density at radius 3 is 2.50 bits per heavy atom. The summed E-state index contributed by atoms with van der Waals surface area (Å²) >= 11 is 0. The maximum Gasteiger partial charge on any atom is 0.416 e. The van der Waals surface area contributed by atoms with Crippen molar-refractivity contribution in [2.45, 2.75) is 30.0 Å². The van der Waals surface area contributed by atoms with Crippen LogP contribution in [0.5, 0.6) is 0 Å². The molecule has 3 rings (SSSR count). The zero-order valence-corrected chi connectivity index (χ0v) is 14.5. The number of sulfonamides is 1. The highest BCUT2D eigenvalue weighted by Crippen LogP contribution is 2.31. The molecule has 0 amide bonds. The molecule has 0 atom stereocenters. The zero-order valence-electron chi connectivity index (χ0n) is 13.6. The summed E-state index contributed by atoms with van der Waals surface area (Å²) in [5.41, 5.74) is -0.973. The Labute approximate surface area is 149 Å². The second-order valence-electron chi connectivity index (χ2n) is 5.94. The SMILES string of the molecule is O=S(=O)(c1cccc(C(F)(F)F)c1)N1CCC(Nc2ccncn2)CC1. The minimum Gasteiger partial charge on any atom is -0.367 e. The van der Waals surface area contributed by atoms with Gasteiger partial charge in [-0.05, 0) is 37.1 Å². The summed E-state index contributed by atoms with van der Waals surface area (Å²) in [5.74, 6) is 0.652. The Bertz CT molecular complexity index is 851. The highest BCUT2D eigenvalue weighted by Gasteiger charge is 2.34. The molecule has 2 heterocycles. The van der Waals surface area contributed by atoms with Crippen LogP contribution >= 0.6 is 0 Å². The Morgan fingerprint density at radius 2 is 1.88 bits per heavy atom. The van der Waals surface area contributed by atoms with E-state index in [-0.39, 0.29) is 24.0 Å². The summed E-state index contributed by atoms with van der Waals surface area (Å²) in [6.07, 6.45) is -0.511. The topological polar surface area (TPSA) is 75.2 Å². The lowest BCUT2D eigenvalue weighted by molar-refractivity contribution is -0.137. The summed E-state index contributed by atoms with van der Waals surface area (Å²) in [6.45, 7) is 0.447. The highest BCUT2D eigenvalue weighted by atomic mass is 32.2. The van der Waals surface area contributed by atoms with Gasteiger partial charge >= 0.3 is 6.18 Å². The average Bonchev–Trinajstić information content (AvgIpc) is 2.62. The molecular weight excluding hydrogens is 369 g/mol. The molecule has 1 fully saturated rings. The second kappa shape index (κ2) is 7.20. The van der Waals surface area contributed by atoms with E-state index in [2.05, 4.69) is 15.3 Å². The van der Waals surface area contributed by atoms with Crippen LogP contribution in [0.3, 0.4) is 0 Å². The van der Waals surface area contributed by atoms with Gasteiger partial charge in [0.25, 0.3) is 0 Å². The molecule has 26 heavy (non-hydrogen) atoms. The maximum absolute atomic E-state index is 12.8. The number of benzene rings is 1. The van der Waals surface area contributed by atoms with Crippen LogP contribution in [-0.4, -0.2) is 41.8 Å². The lowest BCUT2D eigenvalue weighted by atomic mass is 10.1. The summed E-state index contributed by atoms with van der Waals surface area (Å²) in [4.78, 5) is 7.54. The van der Waals surface area contributed by atoms with Crippen molar-refractivity contribution in [1.29, 1.82) is 0 Å². The first-order valence-electron chi connectivity index (χ1n) is 7.97. The van der Waals surface area contributed by atoms with Crippen LogP contribution in [0.15, 0.2) is 47.8 Å². The van der Waals surface area contributed by atoms with Gasteiger partial charge in [0, 0.05) is 25.3 Å². The zero-order chi connectivity index (χ0) is 18.8. The largest absolute Gasteiger partial charge is 0.416 e. The number of nitrogens with one attached hydrogen (secondary N) is 1. The number of alkyl halides is 3. The Morgan fingerprint density at radius 1 is 1.15 bits per heavy atom. The van der Waals surface area contributed by atoms with Gasteiger partial charge in [-0.15, -0.1) is 0 Å². The first kappa shape index (κ1) is 18.6. The molecule has 0 spiro atoms. The molecule has 10 heteroatoms. The first-order chi connectivity index (χ1) is 12.3. The number of halogens is 3. The van der Waals surface area contributed by atoms with E-state index >= 15 is 0 Å². The summed E-state index contributed by atoms with van der Waals surface area (Å²) in [6, 6.07) is 5.59. The van der Waals surface area contributed by atoms with E-state index < -0.39 is 21.8 Å². The molecule has 1 aliphatic rings. The lowest BCUT2D eigenvalue weighted by Crippen LogP contribution is -2.42. The number of rotatable bonds is 4. The number of hydrogen-bond acceptors (Lipinski definition) is 5. The van der Waals surface area contributed by atoms with Gasteiger partial charge in [0.05, 0.1) is 10.5 Å². The van der Waals surface area contributed by atoms with Crippen LogP contribution in [0.4, 0.5) is 19.0 Å². The lowest BCUT2D eigenvalue weighted by Gasteiger charge is -2.32. The van der Waals surface area contributed by atoms with Crippen LogP contribution in [0.1, 0.15) is 18.4 Å². The Balaban J connectivity index is 1.68. The number of piperidine rings is 1. The Hall–Kier alpha value is -2.20. The Kier molecular flexibility index (Phi) is 5.15. The minimum absolute atomic E-state index is 0.0397. The van der Waals surface area contributed by atoms with Crippen molar-refractivity contribution in [2.75, 3.05) is 18.4 Å². The first-order valence-corrected chi connectivity index (χ1v) is 9.41. The third kappa shape index (κ3) is 4.13. The van der Waals surface area contributed by atoms with Gasteiger partial charge in [0.2, 0.25) is 10.0 Å². The van der Waals surface area contributed by atoms with Crippen LogP contribution in [0.25, 0.3) is 0 Å². The molecule has 1 aliphatic heterocycles. The molecule has 0 saturated carbocycles. The van der Waals surface area contributed by atoms with E-state index in [4.69, 9.17) is 0 Å². The normalized spacial score (nSPS) is 17.2. The fourth-order valence-electron chi connectivity index (χ4n) is 2.81. The van der Waals surface area contributed by atoms with Crippen molar-refractivity contribution in [3.63, 3.8) is 0 Å². The molecule has 6 nitrogen and oxygen atoms in total. The third-order valence-electron chi connectivity index (χ3n) is 4.19. The van der Waals surface area contributed by atoms with Gasteiger partial charge in [0.1, 0.15) is 12.1 Å².